The van der Waals surface area contributed by atoms with Crippen LogP contribution >= 0.6 is 0 Å². The quantitative estimate of drug-likeness (QED) is 0.586. The van der Waals surface area contributed by atoms with E-state index in [1.807, 2.05) is 60.8 Å². The minimum atomic E-state index is -0.0850. The van der Waals surface area contributed by atoms with Crippen LogP contribution in [0.25, 0.3) is 22.2 Å². The van der Waals surface area contributed by atoms with E-state index in [1.54, 1.807) is 6.07 Å². The van der Waals surface area contributed by atoms with Gasteiger partial charge in [-0.15, -0.1) is 0 Å². The van der Waals surface area contributed by atoms with Gasteiger partial charge >= 0.3 is 0 Å². The third kappa shape index (κ3) is 3.30. The average Bonchev–Trinajstić information content (AvgIpc) is 3.28. The maximum Gasteiger partial charge on any atom is 0.226 e. The van der Waals surface area contributed by atoms with Gasteiger partial charge in [0.1, 0.15) is 0 Å². The van der Waals surface area contributed by atoms with Gasteiger partial charge in [0.2, 0.25) is 5.91 Å². The smallest absolute Gasteiger partial charge is 0.226 e. The zero-order valence-electron chi connectivity index (χ0n) is 13.5. The number of aromatic nitrogens is 2. The van der Waals surface area contributed by atoms with Gasteiger partial charge in [-0.25, -0.2) is 0 Å². The summed E-state index contributed by atoms with van der Waals surface area (Å²) in [4.78, 5) is 15.4. The van der Waals surface area contributed by atoms with Crippen LogP contribution in [0.2, 0.25) is 0 Å². The molecule has 0 atom stereocenters. The van der Waals surface area contributed by atoms with E-state index >= 15 is 0 Å². The van der Waals surface area contributed by atoms with Gasteiger partial charge in [-0.2, -0.15) is 0 Å². The number of carbonyl (C=O) groups excluding carboxylic acids is 1. The molecule has 0 saturated carbocycles. The van der Waals surface area contributed by atoms with Crippen LogP contribution in [0.1, 0.15) is 11.3 Å². The minimum Gasteiger partial charge on any atom is -0.361 e. The van der Waals surface area contributed by atoms with E-state index in [0.717, 1.165) is 22.0 Å². The van der Waals surface area contributed by atoms with E-state index in [9.17, 15) is 4.79 Å². The molecule has 0 bridgehead atoms. The van der Waals surface area contributed by atoms with Crippen molar-refractivity contribution >= 4 is 16.8 Å². The molecule has 0 unspecified atom stereocenters. The number of fused-ring (bicyclic) bond motifs is 1. The Morgan fingerprint density at radius 1 is 1.08 bits per heavy atom. The first-order valence-electron chi connectivity index (χ1n) is 8.12. The number of nitrogens with zero attached hydrogens (tertiary/aromatic N) is 1. The first-order valence-corrected chi connectivity index (χ1v) is 8.12. The van der Waals surface area contributed by atoms with Crippen LogP contribution < -0.4 is 5.32 Å². The number of benzene rings is 2. The summed E-state index contributed by atoms with van der Waals surface area (Å²) in [6.07, 6.45) is 2.12. The molecule has 25 heavy (non-hydrogen) atoms. The van der Waals surface area contributed by atoms with Crippen LogP contribution in [0.15, 0.2) is 71.4 Å². The van der Waals surface area contributed by atoms with Gasteiger partial charge in [0.25, 0.3) is 0 Å². The Labute approximate surface area is 144 Å². The summed E-state index contributed by atoms with van der Waals surface area (Å²) in [6.45, 7) is 0.478. The number of nitrogens with one attached hydrogen (secondary N) is 2. The van der Waals surface area contributed by atoms with E-state index in [-0.39, 0.29) is 12.3 Å². The maximum absolute atomic E-state index is 12.2. The summed E-state index contributed by atoms with van der Waals surface area (Å²) in [5.74, 6) is 0.582. The van der Waals surface area contributed by atoms with Gasteiger partial charge in [0.15, 0.2) is 5.76 Å². The molecule has 0 spiro atoms. The van der Waals surface area contributed by atoms with Gasteiger partial charge in [-0.05, 0) is 11.6 Å². The van der Waals surface area contributed by atoms with Gasteiger partial charge in [0, 0.05) is 35.3 Å². The number of carbonyl (C=O) groups is 1. The van der Waals surface area contributed by atoms with E-state index in [2.05, 4.69) is 15.5 Å². The zero-order chi connectivity index (χ0) is 17.1. The van der Waals surface area contributed by atoms with Crippen LogP contribution in [-0.2, 0) is 17.8 Å². The van der Waals surface area contributed by atoms with E-state index in [0.29, 0.717) is 18.0 Å². The molecule has 1 amide bonds. The first kappa shape index (κ1) is 15.2. The molecule has 4 rings (SSSR count). The molecule has 0 radical (unpaired) electrons. The molecule has 2 heterocycles. The Kier molecular flexibility index (Phi) is 4.04. The topological polar surface area (TPSA) is 70.9 Å². The van der Waals surface area contributed by atoms with E-state index in [1.165, 1.54) is 0 Å². The molecule has 0 aliphatic rings. The standard InChI is InChI=1S/C20H17N3O2/c24-20(22-13-15-12-21-18-9-5-4-8-17(15)18)11-16-10-19(25-23-16)14-6-2-1-3-7-14/h1-10,12,21H,11,13H2,(H,22,24). The molecule has 5 heteroatoms. The predicted molar refractivity (Wildman–Crippen MR) is 95.8 cm³/mol. The Bertz CT molecular complexity index is 1000. The molecule has 124 valence electrons. The van der Waals surface area contributed by atoms with Crippen molar-refractivity contribution in [2.45, 2.75) is 13.0 Å². The SMILES string of the molecule is O=C(Cc1cc(-c2ccccc2)on1)NCc1c[nH]c2ccccc12. The predicted octanol–water partition coefficient (Wildman–Crippen LogP) is 3.68. The van der Waals surface area contributed by atoms with Crippen molar-refractivity contribution in [3.63, 3.8) is 0 Å². The highest BCUT2D eigenvalue weighted by Gasteiger charge is 2.11. The molecular formula is C20H17N3O2. The summed E-state index contributed by atoms with van der Waals surface area (Å²) < 4.78 is 5.32. The Morgan fingerprint density at radius 2 is 1.88 bits per heavy atom. The molecule has 2 N–H and O–H groups in total. The second-order valence-electron chi connectivity index (χ2n) is 5.86. The molecule has 0 fully saturated rings. The number of H-pyrrole nitrogens is 1. The van der Waals surface area contributed by atoms with Crippen molar-refractivity contribution in [3.05, 3.63) is 78.1 Å². The highest BCUT2D eigenvalue weighted by Crippen LogP contribution is 2.20. The van der Waals surface area contributed by atoms with E-state index in [4.69, 9.17) is 4.52 Å². The van der Waals surface area contributed by atoms with Gasteiger partial charge in [-0.1, -0.05) is 53.7 Å². The molecule has 2 aromatic carbocycles. The summed E-state index contributed by atoms with van der Waals surface area (Å²) in [5.41, 5.74) is 3.69. The number of aromatic amines is 1. The molecule has 5 nitrogen and oxygen atoms in total. The normalized spacial score (nSPS) is 10.9. The van der Waals surface area contributed by atoms with Crippen molar-refractivity contribution in [2.75, 3.05) is 0 Å². The lowest BCUT2D eigenvalue weighted by molar-refractivity contribution is -0.120. The van der Waals surface area contributed by atoms with Gasteiger partial charge in [0.05, 0.1) is 12.1 Å². The number of rotatable bonds is 5. The average molecular weight is 331 g/mol. The third-order valence-corrected chi connectivity index (χ3v) is 4.11. The Morgan fingerprint density at radius 3 is 2.76 bits per heavy atom. The second-order valence-corrected chi connectivity index (χ2v) is 5.86. The third-order valence-electron chi connectivity index (χ3n) is 4.11. The molecule has 4 aromatic rings. The van der Waals surface area contributed by atoms with Crippen LogP contribution in [0.5, 0.6) is 0 Å². The van der Waals surface area contributed by atoms with Crippen LogP contribution in [0, 0.1) is 0 Å². The fraction of sp³-hybridized carbons (Fsp3) is 0.100. The number of amides is 1. The highest BCUT2D eigenvalue weighted by molar-refractivity contribution is 5.84. The lowest BCUT2D eigenvalue weighted by atomic mass is 10.1. The fourth-order valence-corrected chi connectivity index (χ4v) is 2.83. The zero-order valence-corrected chi connectivity index (χ0v) is 13.5. The molecular weight excluding hydrogens is 314 g/mol. The number of hydrogen-bond acceptors (Lipinski definition) is 3. The number of hydrogen-bond donors (Lipinski definition) is 2. The molecule has 2 aromatic heterocycles. The Hall–Kier alpha value is -3.34. The van der Waals surface area contributed by atoms with Gasteiger partial charge < -0.3 is 14.8 Å². The highest BCUT2D eigenvalue weighted by atomic mass is 16.5. The summed E-state index contributed by atoms with van der Waals surface area (Å²) in [5, 5.41) is 8.04. The first-order chi connectivity index (χ1) is 12.3. The molecule has 0 saturated heterocycles. The summed E-state index contributed by atoms with van der Waals surface area (Å²) >= 11 is 0. The lowest BCUT2D eigenvalue weighted by Gasteiger charge is -2.02. The van der Waals surface area contributed by atoms with Crippen LogP contribution in [0.4, 0.5) is 0 Å². The maximum atomic E-state index is 12.2. The molecule has 0 aliphatic heterocycles. The minimum absolute atomic E-state index is 0.0850. The van der Waals surface area contributed by atoms with Crippen molar-refractivity contribution in [1.82, 2.24) is 15.5 Å². The van der Waals surface area contributed by atoms with Crippen LogP contribution in [-0.4, -0.2) is 16.0 Å². The second kappa shape index (κ2) is 6.65. The Balaban J connectivity index is 1.39. The van der Waals surface area contributed by atoms with Crippen LogP contribution in [0.3, 0.4) is 0 Å². The van der Waals surface area contributed by atoms with Crippen molar-refractivity contribution in [3.8, 4) is 11.3 Å². The largest absolute Gasteiger partial charge is 0.361 e. The lowest BCUT2D eigenvalue weighted by Crippen LogP contribution is -2.24. The van der Waals surface area contributed by atoms with Crippen molar-refractivity contribution in [1.29, 1.82) is 0 Å². The number of para-hydroxylation sites is 1. The van der Waals surface area contributed by atoms with Gasteiger partial charge in [-0.3, -0.25) is 4.79 Å². The summed E-state index contributed by atoms with van der Waals surface area (Å²) in [7, 11) is 0. The van der Waals surface area contributed by atoms with E-state index < -0.39 is 0 Å². The van der Waals surface area contributed by atoms with Crippen molar-refractivity contribution in [2.24, 2.45) is 0 Å². The van der Waals surface area contributed by atoms with Crippen molar-refractivity contribution < 1.29 is 9.32 Å². The molecule has 0 aliphatic carbocycles. The summed E-state index contributed by atoms with van der Waals surface area (Å²) in [6, 6.07) is 19.5. The fourth-order valence-electron chi connectivity index (χ4n) is 2.83. The monoisotopic (exact) mass is 331 g/mol.